The van der Waals surface area contributed by atoms with Crippen LogP contribution >= 0.6 is 0 Å². The van der Waals surface area contributed by atoms with Crippen molar-refractivity contribution in [3.05, 3.63) is 12.2 Å². The van der Waals surface area contributed by atoms with Gasteiger partial charge in [0, 0.05) is 6.42 Å². The predicted molar refractivity (Wildman–Crippen MR) is 161 cm³/mol. The van der Waals surface area contributed by atoms with Gasteiger partial charge in [-0.1, -0.05) is 142 Å². The van der Waals surface area contributed by atoms with Crippen LogP contribution in [0.1, 0.15) is 174 Å². The van der Waals surface area contributed by atoms with Crippen molar-refractivity contribution in [2.45, 2.75) is 187 Å². The average molecular weight is 524 g/mol. The van der Waals surface area contributed by atoms with Gasteiger partial charge < -0.3 is 15.5 Å². The van der Waals surface area contributed by atoms with Gasteiger partial charge in [-0.2, -0.15) is 0 Å². The summed E-state index contributed by atoms with van der Waals surface area (Å²) in [6.45, 7) is 4.31. The fraction of sp³-hybridized carbons (Fsp3) is 0.909. The normalized spacial score (nSPS) is 13.3. The first-order chi connectivity index (χ1) is 18.2. The molecular weight excluding hydrogens is 458 g/mol. The topological polar surface area (TPSA) is 69.6 Å². The van der Waals surface area contributed by atoms with Gasteiger partial charge in [0.25, 0.3) is 0 Å². The van der Waals surface area contributed by atoms with E-state index in [0.29, 0.717) is 12.8 Å². The second kappa shape index (κ2) is 29.7. The van der Waals surface area contributed by atoms with Gasteiger partial charge in [0.05, 0.1) is 18.8 Å². The molecule has 0 rings (SSSR count). The van der Waals surface area contributed by atoms with Crippen LogP contribution in [0.25, 0.3) is 0 Å². The van der Waals surface area contributed by atoms with Crippen molar-refractivity contribution in [1.29, 1.82) is 0 Å². The Hall–Kier alpha value is -0.870. The highest BCUT2D eigenvalue weighted by molar-refractivity contribution is 5.76. The molecular formula is C33H65NO3. The molecule has 0 aliphatic rings. The predicted octanol–water partition coefficient (Wildman–Crippen LogP) is 9.17. The summed E-state index contributed by atoms with van der Waals surface area (Å²) >= 11 is 0. The van der Waals surface area contributed by atoms with E-state index in [2.05, 4.69) is 31.3 Å². The van der Waals surface area contributed by atoms with E-state index < -0.39 is 12.1 Å². The highest BCUT2D eigenvalue weighted by Gasteiger charge is 2.19. The molecule has 0 aliphatic carbocycles. The van der Waals surface area contributed by atoms with E-state index in [1.807, 2.05) is 0 Å². The smallest absolute Gasteiger partial charge is 0.220 e. The Labute approximate surface area is 231 Å². The van der Waals surface area contributed by atoms with Crippen LogP contribution in [0.2, 0.25) is 0 Å². The molecule has 0 spiro atoms. The summed E-state index contributed by atoms with van der Waals surface area (Å²) in [5.74, 6) is -0.0431. The maximum atomic E-state index is 12.2. The van der Waals surface area contributed by atoms with E-state index in [0.717, 1.165) is 25.7 Å². The minimum Gasteiger partial charge on any atom is -0.394 e. The Balaban J connectivity index is 3.58. The minimum atomic E-state index is -0.655. The monoisotopic (exact) mass is 523 g/mol. The molecule has 0 heterocycles. The number of nitrogens with one attached hydrogen (secondary N) is 1. The first-order valence-electron chi connectivity index (χ1n) is 16.4. The molecule has 0 saturated heterocycles. The van der Waals surface area contributed by atoms with E-state index in [1.165, 1.54) is 122 Å². The molecule has 0 bridgehead atoms. The number of hydrogen-bond donors (Lipinski definition) is 3. The summed E-state index contributed by atoms with van der Waals surface area (Å²) in [5.41, 5.74) is 0. The van der Waals surface area contributed by atoms with Crippen LogP contribution in [0.5, 0.6) is 0 Å². The zero-order chi connectivity index (χ0) is 27.2. The molecule has 2 atom stereocenters. The highest BCUT2D eigenvalue weighted by atomic mass is 16.3. The number of rotatable bonds is 29. The van der Waals surface area contributed by atoms with Crippen molar-refractivity contribution in [1.82, 2.24) is 5.32 Å². The zero-order valence-corrected chi connectivity index (χ0v) is 25.0. The van der Waals surface area contributed by atoms with Gasteiger partial charge in [-0.15, -0.1) is 0 Å². The molecule has 0 aromatic rings. The third-order valence-corrected chi connectivity index (χ3v) is 7.53. The molecule has 0 aromatic carbocycles. The molecule has 0 aliphatic heterocycles. The van der Waals surface area contributed by atoms with Gasteiger partial charge in [0.15, 0.2) is 0 Å². The van der Waals surface area contributed by atoms with Gasteiger partial charge in [0.2, 0.25) is 5.91 Å². The van der Waals surface area contributed by atoms with Crippen LogP contribution < -0.4 is 5.32 Å². The van der Waals surface area contributed by atoms with E-state index in [1.54, 1.807) is 0 Å². The van der Waals surface area contributed by atoms with Gasteiger partial charge in [-0.05, 0) is 38.5 Å². The SMILES string of the molecule is CCCCCCCCC/C=C\CCCCCCCC(=O)NC(CO)C(O)CCCCCCCCCCC. The van der Waals surface area contributed by atoms with Crippen LogP contribution in [0.3, 0.4) is 0 Å². The van der Waals surface area contributed by atoms with Crippen LogP contribution in [0.15, 0.2) is 12.2 Å². The van der Waals surface area contributed by atoms with Crippen LogP contribution in [0.4, 0.5) is 0 Å². The molecule has 0 fully saturated rings. The number of carbonyl (C=O) groups excluding carboxylic acids is 1. The summed E-state index contributed by atoms with van der Waals surface area (Å²) < 4.78 is 0. The van der Waals surface area contributed by atoms with Crippen molar-refractivity contribution in [2.24, 2.45) is 0 Å². The largest absolute Gasteiger partial charge is 0.394 e. The number of aliphatic hydroxyl groups is 2. The summed E-state index contributed by atoms with van der Waals surface area (Å²) in [5, 5.41) is 22.9. The van der Waals surface area contributed by atoms with Gasteiger partial charge in [-0.25, -0.2) is 0 Å². The molecule has 3 N–H and O–H groups in total. The molecule has 0 aromatic heterocycles. The number of allylic oxidation sites excluding steroid dienone is 2. The van der Waals surface area contributed by atoms with E-state index >= 15 is 0 Å². The third kappa shape index (κ3) is 26.5. The molecule has 37 heavy (non-hydrogen) atoms. The second-order valence-electron chi connectivity index (χ2n) is 11.2. The molecule has 0 saturated carbocycles. The molecule has 0 radical (unpaired) electrons. The second-order valence-corrected chi connectivity index (χ2v) is 11.2. The first kappa shape index (κ1) is 36.1. The standard InChI is InChI=1S/C33H65NO3/c1-3-5-7-9-11-13-14-15-16-17-18-19-21-23-25-27-29-33(37)34-31(30-35)32(36)28-26-24-22-20-12-10-8-6-4-2/h16-17,31-32,35-36H,3-15,18-30H2,1-2H3,(H,34,37)/b17-16-. The number of hydrogen-bond acceptors (Lipinski definition) is 3. The fourth-order valence-corrected chi connectivity index (χ4v) is 4.94. The lowest BCUT2D eigenvalue weighted by atomic mass is 10.0. The summed E-state index contributed by atoms with van der Waals surface area (Å²) in [6.07, 6.45) is 34.0. The lowest BCUT2D eigenvalue weighted by Gasteiger charge is -2.22. The Bertz CT molecular complexity index is 494. The number of carbonyl (C=O) groups is 1. The van der Waals surface area contributed by atoms with Crippen molar-refractivity contribution in [3.8, 4) is 0 Å². The van der Waals surface area contributed by atoms with Gasteiger partial charge in [-0.3, -0.25) is 4.79 Å². The van der Waals surface area contributed by atoms with E-state index in [4.69, 9.17) is 0 Å². The lowest BCUT2D eigenvalue weighted by molar-refractivity contribution is -0.123. The summed E-state index contributed by atoms with van der Waals surface area (Å²) in [7, 11) is 0. The van der Waals surface area contributed by atoms with Crippen LogP contribution in [0, 0.1) is 0 Å². The third-order valence-electron chi connectivity index (χ3n) is 7.53. The van der Waals surface area contributed by atoms with Crippen LogP contribution in [-0.2, 0) is 4.79 Å². The maximum Gasteiger partial charge on any atom is 0.220 e. The van der Waals surface area contributed by atoms with Crippen molar-refractivity contribution < 1.29 is 15.0 Å². The Morgan fingerprint density at radius 1 is 0.622 bits per heavy atom. The summed E-state index contributed by atoms with van der Waals surface area (Å²) in [4.78, 5) is 12.2. The Kier molecular flexibility index (Phi) is 29.0. The Morgan fingerprint density at radius 3 is 1.49 bits per heavy atom. The van der Waals surface area contributed by atoms with Crippen LogP contribution in [-0.4, -0.2) is 34.9 Å². The van der Waals surface area contributed by atoms with Crippen molar-refractivity contribution in [2.75, 3.05) is 6.61 Å². The summed E-state index contributed by atoms with van der Waals surface area (Å²) in [6, 6.07) is -0.533. The number of unbranched alkanes of at least 4 members (excludes halogenated alkanes) is 20. The Morgan fingerprint density at radius 2 is 1.03 bits per heavy atom. The van der Waals surface area contributed by atoms with Gasteiger partial charge in [0.1, 0.15) is 0 Å². The maximum absolute atomic E-state index is 12.2. The first-order valence-corrected chi connectivity index (χ1v) is 16.4. The molecule has 2 unspecified atom stereocenters. The van der Waals surface area contributed by atoms with E-state index in [9.17, 15) is 15.0 Å². The molecule has 4 heteroatoms. The minimum absolute atomic E-state index is 0.0431. The van der Waals surface area contributed by atoms with E-state index in [-0.39, 0.29) is 12.5 Å². The van der Waals surface area contributed by atoms with Gasteiger partial charge >= 0.3 is 0 Å². The highest BCUT2D eigenvalue weighted by Crippen LogP contribution is 2.13. The average Bonchev–Trinajstić information content (AvgIpc) is 2.90. The fourth-order valence-electron chi connectivity index (χ4n) is 4.94. The zero-order valence-electron chi connectivity index (χ0n) is 25.0. The lowest BCUT2D eigenvalue weighted by Crippen LogP contribution is -2.45. The molecule has 220 valence electrons. The number of amides is 1. The van der Waals surface area contributed by atoms with Crippen molar-refractivity contribution >= 4 is 5.91 Å². The molecule has 1 amide bonds. The quantitative estimate of drug-likeness (QED) is 0.0676. The van der Waals surface area contributed by atoms with Crippen molar-refractivity contribution in [3.63, 3.8) is 0 Å². The molecule has 4 nitrogen and oxygen atoms in total. The number of aliphatic hydroxyl groups excluding tert-OH is 2.